The molecule has 16 heavy (non-hydrogen) atoms. The Bertz CT molecular complexity index is 332. The minimum atomic E-state index is -0.0309. The van der Waals surface area contributed by atoms with Crippen LogP contribution in [0.4, 0.5) is 0 Å². The lowest BCUT2D eigenvalue weighted by Gasteiger charge is -2.53. The van der Waals surface area contributed by atoms with E-state index in [9.17, 15) is 4.79 Å². The van der Waals surface area contributed by atoms with E-state index < -0.39 is 0 Å². The van der Waals surface area contributed by atoms with Crippen LogP contribution in [0.3, 0.4) is 0 Å². The molecule has 0 radical (unpaired) electrons. The average molecular weight is 222 g/mol. The van der Waals surface area contributed by atoms with Crippen LogP contribution in [0.5, 0.6) is 0 Å². The minimum Gasteiger partial charge on any atom is -0.469 e. The molecule has 3 aliphatic carbocycles. The van der Waals surface area contributed by atoms with Crippen LogP contribution in [0.1, 0.15) is 40.0 Å². The quantitative estimate of drug-likeness (QED) is 0.530. The normalized spacial score (nSPS) is 41.4. The standard InChI is InChI=1S/C14H22O2/c1-10(2)14-7-5-13(3,6-8-14)11(9-14)12(15)16-4/h5,7,10-11H,6,8-9H2,1-4H3/t11-,13-,14-/m0/s1. The lowest BCUT2D eigenvalue weighted by atomic mass is 9.51. The zero-order valence-corrected chi connectivity index (χ0v) is 10.7. The van der Waals surface area contributed by atoms with Gasteiger partial charge in [0, 0.05) is 0 Å². The number of rotatable bonds is 2. The SMILES string of the molecule is COC(=O)[C@@H]1C[C@]2(C(C)C)C=C[C@@]1(C)CC2. The van der Waals surface area contributed by atoms with Crippen molar-refractivity contribution in [3.8, 4) is 0 Å². The summed E-state index contributed by atoms with van der Waals surface area (Å²) in [6.07, 6.45) is 7.92. The molecule has 0 aromatic rings. The molecule has 2 nitrogen and oxygen atoms in total. The van der Waals surface area contributed by atoms with Crippen LogP contribution in [0.25, 0.3) is 0 Å². The van der Waals surface area contributed by atoms with Crippen LogP contribution in [0.2, 0.25) is 0 Å². The Morgan fingerprint density at radius 2 is 2.06 bits per heavy atom. The first-order valence-electron chi connectivity index (χ1n) is 6.22. The predicted molar refractivity (Wildman–Crippen MR) is 63.9 cm³/mol. The van der Waals surface area contributed by atoms with Gasteiger partial charge in [-0.25, -0.2) is 0 Å². The van der Waals surface area contributed by atoms with E-state index in [0.717, 1.165) is 12.8 Å². The first-order valence-corrected chi connectivity index (χ1v) is 6.22. The second kappa shape index (κ2) is 3.61. The second-order valence-corrected chi connectivity index (χ2v) is 6.01. The number of allylic oxidation sites excluding steroid dienone is 2. The summed E-state index contributed by atoms with van der Waals surface area (Å²) in [4.78, 5) is 11.9. The van der Waals surface area contributed by atoms with E-state index in [-0.39, 0.29) is 22.7 Å². The summed E-state index contributed by atoms with van der Waals surface area (Å²) in [6.45, 7) is 6.70. The molecule has 1 fully saturated rings. The monoisotopic (exact) mass is 222 g/mol. The Labute approximate surface area is 98.1 Å². The van der Waals surface area contributed by atoms with Gasteiger partial charge in [-0.3, -0.25) is 4.79 Å². The summed E-state index contributed by atoms with van der Waals surface area (Å²) in [7, 11) is 1.50. The maximum absolute atomic E-state index is 11.9. The predicted octanol–water partition coefficient (Wildman–Crippen LogP) is 3.18. The number of carbonyl (C=O) groups excluding carboxylic acids is 1. The van der Waals surface area contributed by atoms with Gasteiger partial charge < -0.3 is 4.74 Å². The van der Waals surface area contributed by atoms with Gasteiger partial charge in [-0.15, -0.1) is 0 Å². The van der Waals surface area contributed by atoms with Crippen molar-refractivity contribution >= 4 is 5.97 Å². The highest BCUT2D eigenvalue weighted by molar-refractivity contribution is 5.74. The van der Waals surface area contributed by atoms with Crippen molar-refractivity contribution in [2.75, 3.05) is 7.11 Å². The Morgan fingerprint density at radius 1 is 1.38 bits per heavy atom. The minimum absolute atomic E-state index is 0.0309. The summed E-state index contributed by atoms with van der Waals surface area (Å²) >= 11 is 0. The molecule has 3 rings (SSSR count). The number of hydrogen-bond donors (Lipinski definition) is 0. The maximum atomic E-state index is 11.9. The van der Waals surface area contributed by atoms with Crippen molar-refractivity contribution in [2.24, 2.45) is 22.7 Å². The van der Waals surface area contributed by atoms with Gasteiger partial charge in [0.25, 0.3) is 0 Å². The fourth-order valence-electron chi connectivity index (χ4n) is 3.31. The van der Waals surface area contributed by atoms with E-state index in [2.05, 4.69) is 32.9 Å². The van der Waals surface area contributed by atoms with E-state index in [0.29, 0.717) is 5.92 Å². The largest absolute Gasteiger partial charge is 0.469 e. The topological polar surface area (TPSA) is 26.3 Å². The maximum Gasteiger partial charge on any atom is 0.309 e. The van der Waals surface area contributed by atoms with Gasteiger partial charge in [-0.2, -0.15) is 0 Å². The molecule has 0 saturated heterocycles. The Kier molecular flexibility index (Phi) is 2.64. The first-order chi connectivity index (χ1) is 7.43. The molecule has 0 unspecified atom stereocenters. The highest BCUT2D eigenvalue weighted by atomic mass is 16.5. The van der Waals surface area contributed by atoms with Crippen LogP contribution in [0, 0.1) is 22.7 Å². The molecule has 3 aliphatic rings. The highest BCUT2D eigenvalue weighted by Crippen LogP contribution is 2.58. The van der Waals surface area contributed by atoms with Gasteiger partial charge in [0.05, 0.1) is 13.0 Å². The number of carbonyl (C=O) groups is 1. The summed E-state index contributed by atoms with van der Waals surface area (Å²) in [5.41, 5.74) is 0.264. The molecule has 0 amide bonds. The van der Waals surface area contributed by atoms with Crippen LogP contribution < -0.4 is 0 Å². The van der Waals surface area contributed by atoms with E-state index >= 15 is 0 Å². The fourth-order valence-corrected chi connectivity index (χ4v) is 3.31. The third-order valence-electron chi connectivity index (χ3n) is 4.94. The second-order valence-electron chi connectivity index (χ2n) is 6.01. The third kappa shape index (κ3) is 1.50. The zero-order valence-electron chi connectivity index (χ0n) is 10.7. The van der Waals surface area contributed by atoms with Crippen molar-refractivity contribution in [3.63, 3.8) is 0 Å². The summed E-state index contributed by atoms with van der Waals surface area (Å²) in [5.74, 6) is 0.621. The number of fused-ring (bicyclic) bond motifs is 2. The molecule has 0 aliphatic heterocycles. The molecule has 0 spiro atoms. The number of methoxy groups -OCH3 is 1. The molecule has 0 aromatic heterocycles. The molecule has 90 valence electrons. The average Bonchev–Trinajstić information content (AvgIpc) is 2.28. The van der Waals surface area contributed by atoms with Crippen LogP contribution in [-0.2, 0) is 9.53 Å². The van der Waals surface area contributed by atoms with E-state index in [1.54, 1.807) is 0 Å². The smallest absolute Gasteiger partial charge is 0.309 e. The van der Waals surface area contributed by atoms with Crippen molar-refractivity contribution < 1.29 is 9.53 Å². The molecule has 0 heterocycles. The van der Waals surface area contributed by atoms with Crippen molar-refractivity contribution in [1.82, 2.24) is 0 Å². The number of esters is 1. The Hall–Kier alpha value is -0.790. The first kappa shape index (κ1) is 11.7. The summed E-state index contributed by atoms with van der Waals surface area (Å²) in [6, 6.07) is 0. The molecule has 3 atom stereocenters. The molecule has 2 heteroatoms. The Balaban J connectivity index is 2.34. The molecular formula is C14H22O2. The fraction of sp³-hybridized carbons (Fsp3) is 0.786. The molecule has 0 N–H and O–H groups in total. The summed E-state index contributed by atoms with van der Waals surface area (Å²) < 4.78 is 4.96. The highest BCUT2D eigenvalue weighted by Gasteiger charge is 2.52. The van der Waals surface area contributed by atoms with Gasteiger partial charge in [0.1, 0.15) is 0 Å². The van der Waals surface area contributed by atoms with E-state index in [1.165, 1.54) is 13.5 Å². The third-order valence-corrected chi connectivity index (χ3v) is 4.94. The number of ether oxygens (including phenoxy) is 1. The lowest BCUT2D eigenvalue weighted by Crippen LogP contribution is -2.48. The van der Waals surface area contributed by atoms with Gasteiger partial charge in [-0.05, 0) is 36.0 Å². The van der Waals surface area contributed by atoms with Crippen molar-refractivity contribution in [3.05, 3.63) is 12.2 Å². The van der Waals surface area contributed by atoms with Gasteiger partial charge in [0.15, 0.2) is 0 Å². The Morgan fingerprint density at radius 3 is 2.50 bits per heavy atom. The molecule has 2 bridgehead atoms. The van der Waals surface area contributed by atoms with Gasteiger partial charge in [-0.1, -0.05) is 32.9 Å². The molecular weight excluding hydrogens is 200 g/mol. The van der Waals surface area contributed by atoms with E-state index in [1.807, 2.05) is 0 Å². The molecule has 1 saturated carbocycles. The van der Waals surface area contributed by atoms with E-state index in [4.69, 9.17) is 4.74 Å². The summed E-state index contributed by atoms with van der Waals surface area (Å²) in [5, 5.41) is 0. The number of hydrogen-bond acceptors (Lipinski definition) is 2. The van der Waals surface area contributed by atoms with Gasteiger partial charge in [0.2, 0.25) is 0 Å². The van der Waals surface area contributed by atoms with Crippen LogP contribution in [-0.4, -0.2) is 13.1 Å². The zero-order chi connectivity index (χ0) is 12.0. The molecule has 0 aromatic carbocycles. The lowest BCUT2D eigenvalue weighted by molar-refractivity contribution is -0.154. The van der Waals surface area contributed by atoms with Crippen molar-refractivity contribution in [2.45, 2.75) is 40.0 Å². The van der Waals surface area contributed by atoms with Gasteiger partial charge >= 0.3 is 5.97 Å². The van der Waals surface area contributed by atoms with Crippen LogP contribution in [0.15, 0.2) is 12.2 Å². The van der Waals surface area contributed by atoms with Crippen molar-refractivity contribution in [1.29, 1.82) is 0 Å². The van der Waals surface area contributed by atoms with Crippen LogP contribution >= 0.6 is 0 Å².